The number of nitrogens with zero attached hydrogens (tertiary/aromatic N) is 1. The lowest BCUT2D eigenvalue weighted by molar-refractivity contribution is 0.00578. The van der Waals surface area contributed by atoms with Crippen molar-refractivity contribution in [3.63, 3.8) is 0 Å². The van der Waals surface area contributed by atoms with Crippen LogP contribution in [0.2, 0.25) is 0 Å². The number of nitrogens with one attached hydrogen (secondary N) is 2. The molecule has 1 aromatic heterocycles. The molecule has 3 rings (SSSR count). The minimum Gasteiger partial charge on any atom is -0.399 e. The molecule has 1 aliphatic heterocycles. The van der Waals surface area contributed by atoms with Gasteiger partial charge in [-0.1, -0.05) is 38.1 Å². The Morgan fingerprint density at radius 3 is 2.07 bits per heavy atom. The molecule has 0 atom stereocenters. The largest absolute Gasteiger partial charge is 0.494 e. The summed E-state index contributed by atoms with van der Waals surface area (Å²) in [7, 11) is -0.432. The van der Waals surface area contributed by atoms with Crippen molar-refractivity contribution in [2.45, 2.75) is 65.1 Å². The summed E-state index contributed by atoms with van der Waals surface area (Å²) in [5.41, 5.74) is 0.594. The van der Waals surface area contributed by atoms with Crippen molar-refractivity contribution < 1.29 is 18.6 Å². The molecular formula is C20H28BN3O4. The smallest absolute Gasteiger partial charge is 0.399 e. The highest BCUT2D eigenvalue weighted by atomic mass is 16.7. The Labute approximate surface area is 166 Å². The van der Waals surface area contributed by atoms with Crippen molar-refractivity contribution in [2.24, 2.45) is 0 Å². The van der Waals surface area contributed by atoms with E-state index in [-0.39, 0.29) is 5.41 Å². The van der Waals surface area contributed by atoms with E-state index in [0.29, 0.717) is 17.3 Å². The maximum Gasteiger partial charge on any atom is 0.494 e. The van der Waals surface area contributed by atoms with Gasteiger partial charge in [0.1, 0.15) is 5.76 Å². The van der Waals surface area contributed by atoms with Crippen molar-refractivity contribution in [1.29, 1.82) is 0 Å². The van der Waals surface area contributed by atoms with Gasteiger partial charge in [0.05, 0.1) is 11.2 Å². The fourth-order valence-electron chi connectivity index (χ4n) is 2.67. The Bertz CT molecular complexity index is 837. The lowest BCUT2D eigenvalue weighted by atomic mass is 9.79. The maximum absolute atomic E-state index is 12.2. The molecule has 150 valence electrons. The Kier molecular flexibility index (Phi) is 5.06. The van der Waals surface area contributed by atoms with Crippen LogP contribution in [-0.2, 0) is 14.7 Å². The second-order valence-electron chi connectivity index (χ2n) is 9.12. The number of hydrogen-bond donors (Lipinski definition) is 2. The van der Waals surface area contributed by atoms with E-state index in [9.17, 15) is 4.79 Å². The van der Waals surface area contributed by atoms with Crippen LogP contribution in [0.15, 0.2) is 34.9 Å². The van der Waals surface area contributed by atoms with Crippen molar-refractivity contribution in [3.05, 3.63) is 36.1 Å². The molecule has 0 bridgehead atoms. The lowest BCUT2D eigenvalue weighted by Gasteiger charge is -2.32. The van der Waals surface area contributed by atoms with Gasteiger partial charge in [-0.15, -0.1) is 0 Å². The minimum atomic E-state index is -0.432. The standard InChI is InChI=1S/C20H28BN3O4/c1-18(2,3)15-12-16(24-26-15)23-17(25)22-14-10-8-13(9-11-14)21-27-19(4,5)20(6,7)28-21/h8-12H,1-7H3,(H2,22,23,24,25). The number of carbonyl (C=O) groups excluding carboxylic acids is 1. The third kappa shape index (κ3) is 4.23. The van der Waals surface area contributed by atoms with E-state index in [1.165, 1.54) is 0 Å². The van der Waals surface area contributed by atoms with Gasteiger partial charge in [-0.2, -0.15) is 0 Å². The van der Waals surface area contributed by atoms with Crippen LogP contribution >= 0.6 is 0 Å². The molecule has 0 unspecified atom stereocenters. The Morgan fingerprint density at radius 1 is 1.00 bits per heavy atom. The van der Waals surface area contributed by atoms with Crippen LogP contribution in [0, 0.1) is 0 Å². The van der Waals surface area contributed by atoms with Gasteiger partial charge in [-0.05, 0) is 45.3 Å². The van der Waals surface area contributed by atoms with Crippen LogP contribution in [0.25, 0.3) is 0 Å². The molecule has 28 heavy (non-hydrogen) atoms. The Balaban J connectivity index is 1.60. The van der Waals surface area contributed by atoms with Crippen LogP contribution in [-0.4, -0.2) is 29.5 Å². The van der Waals surface area contributed by atoms with Gasteiger partial charge in [-0.3, -0.25) is 5.32 Å². The molecule has 0 spiro atoms. The molecule has 2 N–H and O–H groups in total. The molecule has 2 amide bonds. The number of hydrogen-bond acceptors (Lipinski definition) is 5. The van der Waals surface area contributed by atoms with Gasteiger partial charge < -0.3 is 19.1 Å². The quantitative estimate of drug-likeness (QED) is 0.783. The number of urea groups is 1. The topological polar surface area (TPSA) is 85.6 Å². The van der Waals surface area contributed by atoms with E-state index >= 15 is 0 Å². The zero-order valence-corrected chi connectivity index (χ0v) is 17.5. The number of rotatable bonds is 3. The maximum atomic E-state index is 12.2. The monoisotopic (exact) mass is 385 g/mol. The van der Waals surface area contributed by atoms with E-state index in [4.69, 9.17) is 13.8 Å². The van der Waals surface area contributed by atoms with Crippen molar-refractivity contribution in [2.75, 3.05) is 10.6 Å². The van der Waals surface area contributed by atoms with Gasteiger partial charge in [0, 0.05) is 17.2 Å². The molecule has 7 nitrogen and oxygen atoms in total. The van der Waals surface area contributed by atoms with Gasteiger partial charge >= 0.3 is 13.1 Å². The van der Waals surface area contributed by atoms with Gasteiger partial charge in [0.15, 0.2) is 5.82 Å². The number of aromatic nitrogens is 1. The summed E-state index contributed by atoms with van der Waals surface area (Å²) in [4.78, 5) is 12.2. The molecule has 0 saturated carbocycles. The average Bonchev–Trinajstić information content (AvgIpc) is 3.10. The lowest BCUT2D eigenvalue weighted by Crippen LogP contribution is -2.41. The van der Waals surface area contributed by atoms with E-state index in [1.54, 1.807) is 6.07 Å². The summed E-state index contributed by atoms with van der Waals surface area (Å²) in [5.74, 6) is 1.07. The normalized spacial score (nSPS) is 18.2. The molecule has 1 aromatic carbocycles. The van der Waals surface area contributed by atoms with Crippen LogP contribution in [0.3, 0.4) is 0 Å². The van der Waals surface area contributed by atoms with Gasteiger partial charge in [0.2, 0.25) is 0 Å². The van der Waals surface area contributed by atoms with Crippen LogP contribution in [0.5, 0.6) is 0 Å². The van der Waals surface area contributed by atoms with E-state index in [1.807, 2.05) is 72.7 Å². The van der Waals surface area contributed by atoms with Crippen molar-refractivity contribution >= 4 is 30.1 Å². The highest BCUT2D eigenvalue weighted by Crippen LogP contribution is 2.36. The summed E-state index contributed by atoms with van der Waals surface area (Å²) < 4.78 is 17.3. The third-order valence-electron chi connectivity index (χ3n) is 5.18. The van der Waals surface area contributed by atoms with E-state index in [0.717, 1.165) is 5.46 Å². The van der Waals surface area contributed by atoms with Crippen molar-refractivity contribution in [3.8, 4) is 0 Å². The van der Waals surface area contributed by atoms with Crippen LogP contribution in [0.4, 0.5) is 16.3 Å². The number of benzene rings is 1. The summed E-state index contributed by atoms with van der Waals surface area (Å²) in [5, 5.41) is 9.32. The van der Waals surface area contributed by atoms with Crippen LogP contribution < -0.4 is 16.1 Å². The second kappa shape index (κ2) is 6.94. The summed E-state index contributed by atoms with van der Waals surface area (Å²) in [6.45, 7) is 14.1. The molecule has 8 heteroatoms. The first-order valence-corrected chi connectivity index (χ1v) is 9.38. The van der Waals surface area contributed by atoms with Gasteiger partial charge in [0.25, 0.3) is 0 Å². The highest BCUT2D eigenvalue weighted by molar-refractivity contribution is 6.62. The summed E-state index contributed by atoms with van der Waals surface area (Å²) in [6.07, 6.45) is 0. The first kappa shape index (κ1) is 20.4. The van der Waals surface area contributed by atoms with Crippen molar-refractivity contribution in [1.82, 2.24) is 5.16 Å². The van der Waals surface area contributed by atoms with E-state index in [2.05, 4.69) is 15.8 Å². The molecule has 0 aliphatic carbocycles. The number of anilines is 2. The molecule has 0 radical (unpaired) electrons. The zero-order valence-electron chi connectivity index (χ0n) is 17.5. The summed E-state index contributed by atoms with van der Waals surface area (Å²) in [6, 6.07) is 8.71. The fraction of sp³-hybridized carbons (Fsp3) is 0.500. The molecule has 1 saturated heterocycles. The zero-order chi connectivity index (χ0) is 20.7. The van der Waals surface area contributed by atoms with Crippen LogP contribution in [0.1, 0.15) is 54.2 Å². The Hall–Kier alpha value is -2.32. The molecule has 2 aromatic rings. The predicted octanol–water partition coefficient (Wildman–Crippen LogP) is 3.92. The molecular weight excluding hydrogens is 357 g/mol. The third-order valence-corrected chi connectivity index (χ3v) is 5.18. The number of amides is 2. The first-order valence-electron chi connectivity index (χ1n) is 9.38. The predicted molar refractivity (Wildman–Crippen MR) is 110 cm³/mol. The van der Waals surface area contributed by atoms with Gasteiger partial charge in [-0.25, -0.2) is 4.79 Å². The second-order valence-corrected chi connectivity index (χ2v) is 9.12. The SMILES string of the molecule is CC(C)(C)c1cc(NC(=O)Nc2ccc(B3OC(C)(C)C(C)(C)O3)cc2)no1. The molecule has 1 fully saturated rings. The summed E-state index contributed by atoms with van der Waals surface area (Å²) >= 11 is 0. The number of carbonyl (C=O) groups is 1. The minimum absolute atomic E-state index is 0.174. The highest BCUT2D eigenvalue weighted by Gasteiger charge is 2.51. The molecule has 1 aliphatic rings. The molecule has 2 heterocycles. The average molecular weight is 385 g/mol. The Morgan fingerprint density at radius 2 is 1.57 bits per heavy atom. The first-order chi connectivity index (χ1) is 12.9. The fourth-order valence-corrected chi connectivity index (χ4v) is 2.67. The van der Waals surface area contributed by atoms with E-state index < -0.39 is 24.4 Å².